The van der Waals surface area contributed by atoms with E-state index in [1.165, 1.54) is 0 Å². The van der Waals surface area contributed by atoms with Gasteiger partial charge in [0.05, 0.1) is 5.69 Å². The highest BCUT2D eigenvalue weighted by molar-refractivity contribution is 9.11. The summed E-state index contributed by atoms with van der Waals surface area (Å²) in [6.45, 7) is 0.613. The molecule has 0 aliphatic rings. The average molecular weight is 384 g/mol. The molecule has 0 heterocycles. The molecule has 17 heavy (non-hydrogen) atoms. The Morgan fingerprint density at radius 2 is 1.88 bits per heavy atom. The van der Waals surface area contributed by atoms with Crippen molar-refractivity contribution in [1.82, 2.24) is 0 Å². The SMILES string of the molecule is NCCCCC(=O)Nc1c(Br)cc(Cl)cc1Br. The van der Waals surface area contributed by atoms with E-state index >= 15 is 0 Å². The van der Waals surface area contributed by atoms with Crippen molar-refractivity contribution in [1.29, 1.82) is 0 Å². The molecule has 0 saturated carbocycles. The zero-order valence-corrected chi connectivity index (χ0v) is 13.0. The molecule has 0 fully saturated rings. The Hall–Kier alpha value is -0.100. The number of carbonyl (C=O) groups excluding carboxylic acids is 1. The van der Waals surface area contributed by atoms with Gasteiger partial charge in [-0.15, -0.1) is 0 Å². The van der Waals surface area contributed by atoms with Gasteiger partial charge in [-0.05, 0) is 63.4 Å². The lowest BCUT2D eigenvalue weighted by Crippen LogP contribution is -2.12. The fourth-order valence-electron chi connectivity index (χ4n) is 1.29. The Morgan fingerprint density at radius 3 is 2.41 bits per heavy atom. The lowest BCUT2D eigenvalue weighted by molar-refractivity contribution is -0.116. The molecular formula is C11H13Br2ClN2O. The molecule has 1 aromatic rings. The van der Waals surface area contributed by atoms with Crippen molar-refractivity contribution in [3.05, 3.63) is 26.1 Å². The van der Waals surface area contributed by atoms with Gasteiger partial charge in [0.25, 0.3) is 0 Å². The van der Waals surface area contributed by atoms with Crippen molar-refractivity contribution in [2.24, 2.45) is 5.73 Å². The second-order valence-corrected chi connectivity index (χ2v) is 5.68. The van der Waals surface area contributed by atoms with Crippen LogP contribution in [0.25, 0.3) is 0 Å². The molecule has 0 spiro atoms. The maximum absolute atomic E-state index is 11.7. The molecule has 0 radical (unpaired) electrons. The second kappa shape index (κ2) is 7.36. The van der Waals surface area contributed by atoms with Gasteiger partial charge in [0, 0.05) is 20.4 Å². The van der Waals surface area contributed by atoms with E-state index in [0.29, 0.717) is 23.7 Å². The Morgan fingerprint density at radius 1 is 1.29 bits per heavy atom. The molecule has 0 saturated heterocycles. The minimum atomic E-state index is -0.0258. The predicted molar refractivity (Wildman–Crippen MR) is 78.4 cm³/mol. The van der Waals surface area contributed by atoms with Crippen LogP contribution < -0.4 is 11.1 Å². The summed E-state index contributed by atoms with van der Waals surface area (Å²) in [7, 11) is 0. The van der Waals surface area contributed by atoms with Gasteiger partial charge >= 0.3 is 0 Å². The third-order valence-electron chi connectivity index (χ3n) is 2.13. The van der Waals surface area contributed by atoms with Crippen LogP contribution in [0.3, 0.4) is 0 Å². The summed E-state index contributed by atoms with van der Waals surface area (Å²) in [6.07, 6.45) is 2.13. The molecule has 1 rings (SSSR count). The standard InChI is InChI=1S/C11H13Br2ClN2O/c12-8-5-7(14)6-9(13)11(8)16-10(17)3-1-2-4-15/h5-6H,1-4,15H2,(H,16,17). The van der Waals surface area contributed by atoms with E-state index in [4.69, 9.17) is 17.3 Å². The van der Waals surface area contributed by atoms with E-state index in [-0.39, 0.29) is 5.91 Å². The predicted octanol–water partition coefficient (Wildman–Crippen LogP) is 3.93. The maximum Gasteiger partial charge on any atom is 0.224 e. The Kier molecular flexibility index (Phi) is 6.48. The van der Waals surface area contributed by atoms with Crippen molar-refractivity contribution < 1.29 is 4.79 Å². The first-order valence-corrected chi connectivity index (χ1v) is 7.15. The van der Waals surface area contributed by atoms with Crippen molar-refractivity contribution in [3.63, 3.8) is 0 Å². The van der Waals surface area contributed by atoms with Gasteiger partial charge in [0.15, 0.2) is 0 Å². The van der Waals surface area contributed by atoms with Crippen molar-refractivity contribution >= 4 is 55.1 Å². The van der Waals surface area contributed by atoms with Crippen LogP contribution in [0, 0.1) is 0 Å². The first-order chi connectivity index (χ1) is 8.04. The van der Waals surface area contributed by atoms with Crippen LogP contribution in [-0.4, -0.2) is 12.5 Å². The van der Waals surface area contributed by atoms with Gasteiger partial charge in [-0.25, -0.2) is 0 Å². The number of hydrogen-bond acceptors (Lipinski definition) is 2. The number of carbonyl (C=O) groups is 1. The summed E-state index contributed by atoms with van der Waals surface area (Å²) in [5.74, 6) is -0.0258. The number of benzene rings is 1. The maximum atomic E-state index is 11.7. The molecule has 3 nitrogen and oxygen atoms in total. The first-order valence-electron chi connectivity index (χ1n) is 5.19. The zero-order chi connectivity index (χ0) is 12.8. The molecule has 0 bridgehead atoms. The summed E-state index contributed by atoms with van der Waals surface area (Å²) < 4.78 is 1.51. The number of rotatable bonds is 5. The summed E-state index contributed by atoms with van der Waals surface area (Å²) in [4.78, 5) is 11.7. The van der Waals surface area contributed by atoms with Crippen LogP contribution >= 0.6 is 43.5 Å². The molecule has 1 aromatic carbocycles. The second-order valence-electron chi connectivity index (χ2n) is 3.54. The fourth-order valence-corrected chi connectivity index (χ4v) is 3.16. The van der Waals surface area contributed by atoms with Crippen molar-refractivity contribution in [3.8, 4) is 0 Å². The molecule has 0 atom stereocenters. The molecular weight excluding hydrogens is 371 g/mol. The molecule has 0 aliphatic carbocycles. The van der Waals surface area contributed by atoms with Gasteiger partial charge in [0.2, 0.25) is 5.91 Å². The Bertz CT molecular complexity index is 389. The van der Waals surface area contributed by atoms with E-state index in [1.807, 2.05) is 0 Å². The number of nitrogens with one attached hydrogen (secondary N) is 1. The molecule has 0 unspecified atom stereocenters. The van der Waals surface area contributed by atoms with Crippen LogP contribution in [0.2, 0.25) is 5.02 Å². The van der Waals surface area contributed by atoms with E-state index in [0.717, 1.165) is 21.8 Å². The quantitative estimate of drug-likeness (QED) is 0.756. The minimum absolute atomic E-state index is 0.0258. The molecule has 3 N–H and O–H groups in total. The number of amides is 1. The number of hydrogen-bond donors (Lipinski definition) is 2. The summed E-state index contributed by atoms with van der Waals surface area (Å²) >= 11 is 12.6. The Balaban J connectivity index is 2.65. The average Bonchev–Trinajstić information content (AvgIpc) is 2.24. The monoisotopic (exact) mass is 382 g/mol. The highest BCUT2D eigenvalue weighted by Gasteiger charge is 2.10. The van der Waals surface area contributed by atoms with Crippen LogP contribution in [0.5, 0.6) is 0 Å². The van der Waals surface area contributed by atoms with E-state index in [9.17, 15) is 4.79 Å². The lowest BCUT2D eigenvalue weighted by Gasteiger charge is -2.10. The normalized spacial score (nSPS) is 10.4. The van der Waals surface area contributed by atoms with Gasteiger partial charge < -0.3 is 11.1 Å². The minimum Gasteiger partial charge on any atom is -0.330 e. The number of anilines is 1. The largest absolute Gasteiger partial charge is 0.330 e. The highest BCUT2D eigenvalue weighted by atomic mass is 79.9. The summed E-state index contributed by atoms with van der Waals surface area (Å²) in [5.41, 5.74) is 6.07. The summed E-state index contributed by atoms with van der Waals surface area (Å²) in [6, 6.07) is 3.48. The smallest absolute Gasteiger partial charge is 0.224 e. The topological polar surface area (TPSA) is 55.1 Å². The van der Waals surface area contributed by atoms with E-state index < -0.39 is 0 Å². The molecule has 1 amide bonds. The van der Waals surface area contributed by atoms with Crippen LogP contribution in [0.15, 0.2) is 21.1 Å². The van der Waals surface area contributed by atoms with Crippen LogP contribution in [0.4, 0.5) is 5.69 Å². The van der Waals surface area contributed by atoms with Gasteiger partial charge in [-0.1, -0.05) is 11.6 Å². The molecule has 0 aromatic heterocycles. The Labute approximate surface area is 122 Å². The zero-order valence-electron chi connectivity index (χ0n) is 9.10. The van der Waals surface area contributed by atoms with Crippen LogP contribution in [0.1, 0.15) is 19.3 Å². The third-order valence-corrected chi connectivity index (χ3v) is 3.60. The van der Waals surface area contributed by atoms with Crippen LogP contribution in [-0.2, 0) is 4.79 Å². The number of halogens is 3. The fraction of sp³-hybridized carbons (Fsp3) is 0.364. The van der Waals surface area contributed by atoms with Crippen molar-refractivity contribution in [2.75, 3.05) is 11.9 Å². The molecule has 6 heteroatoms. The molecule has 0 aliphatic heterocycles. The first kappa shape index (κ1) is 15.0. The van der Waals surface area contributed by atoms with Gasteiger partial charge in [-0.2, -0.15) is 0 Å². The van der Waals surface area contributed by atoms with Crippen molar-refractivity contribution in [2.45, 2.75) is 19.3 Å². The van der Waals surface area contributed by atoms with E-state index in [1.54, 1.807) is 12.1 Å². The van der Waals surface area contributed by atoms with Gasteiger partial charge in [0.1, 0.15) is 0 Å². The molecule has 94 valence electrons. The lowest BCUT2D eigenvalue weighted by atomic mass is 10.2. The summed E-state index contributed by atoms with van der Waals surface area (Å²) in [5, 5.41) is 3.43. The highest BCUT2D eigenvalue weighted by Crippen LogP contribution is 2.34. The third kappa shape index (κ3) is 4.95. The number of unbranched alkanes of at least 4 members (excludes halogenated alkanes) is 1. The number of nitrogens with two attached hydrogens (primary N) is 1. The van der Waals surface area contributed by atoms with E-state index in [2.05, 4.69) is 37.2 Å². The van der Waals surface area contributed by atoms with Gasteiger partial charge in [-0.3, -0.25) is 4.79 Å².